The first-order chi connectivity index (χ1) is 7.20. The van der Waals surface area contributed by atoms with Crippen LogP contribution in [0.2, 0.25) is 5.02 Å². The van der Waals surface area contributed by atoms with Crippen LogP contribution in [0.25, 0.3) is 5.69 Å². The van der Waals surface area contributed by atoms with E-state index >= 15 is 0 Å². The molecule has 4 nitrogen and oxygen atoms in total. The normalized spacial score (nSPS) is 10.6. The van der Waals surface area contributed by atoms with Crippen LogP contribution in [0.3, 0.4) is 0 Å². The number of hydrogen-bond acceptors (Lipinski definition) is 3. The molecule has 0 saturated heterocycles. The molecule has 2 aromatic heterocycles. The van der Waals surface area contributed by atoms with Crippen LogP contribution in [-0.2, 0) is 6.54 Å². The lowest BCUT2D eigenvalue weighted by Crippen LogP contribution is -2.01. The number of rotatable bonds is 2. The molecule has 0 aliphatic heterocycles. The van der Waals surface area contributed by atoms with Crippen molar-refractivity contribution in [3.05, 3.63) is 40.9 Å². The quantitative estimate of drug-likeness (QED) is 0.841. The van der Waals surface area contributed by atoms with Gasteiger partial charge in [0.25, 0.3) is 0 Å². The van der Waals surface area contributed by atoms with Crippen molar-refractivity contribution in [2.75, 3.05) is 0 Å². The fourth-order valence-electron chi connectivity index (χ4n) is 1.24. The molecule has 0 bridgehead atoms. The van der Waals surface area contributed by atoms with E-state index < -0.39 is 0 Å². The molecule has 0 amide bonds. The van der Waals surface area contributed by atoms with Crippen LogP contribution < -0.4 is 5.73 Å². The third kappa shape index (κ3) is 2.00. The van der Waals surface area contributed by atoms with Gasteiger partial charge in [0.15, 0.2) is 0 Å². The van der Waals surface area contributed by atoms with Gasteiger partial charge in [0.05, 0.1) is 28.3 Å². The molecular formula is C10H11ClN4. The molecule has 0 aliphatic carbocycles. The molecule has 78 valence electrons. The third-order valence-corrected chi connectivity index (χ3v) is 2.49. The Bertz CT molecular complexity index is 441. The average Bonchev–Trinajstić information content (AvgIpc) is 2.59. The van der Waals surface area contributed by atoms with E-state index in [1.807, 2.05) is 19.1 Å². The monoisotopic (exact) mass is 222 g/mol. The van der Waals surface area contributed by atoms with Crippen molar-refractivity contribution in [2.24, 2.45) is 5.73 Å². The predicted molar refractivity (Wildman–Crippen MR) is 59.0 cm³/mol. The van der Waals surface area contributed by atoms with E-state index in [2.05, 4.69) is 10.1 Å². The first-order valence-electron chi connectivity index (χ1n) is 4.58. The average molecular weight is 223 g/mol. The molecule has 0 fully saturated rings. The van der Waals surface area contributed by atoms with Crippen LogP contribution in [0.15, 0.2) is 24.5 Å². The fourth-order valence-corrected chi connectivity index (χ4v) is 1.37. The van der Waals surface area contributed by atoms with Crippen molar-refractivity contribution in [3.63, 3.8) is 0 Å². The first-order valence-corrected chi connectivity index (χ1v) is 4.95. The molecule has 2 heterocycles. The van der Waals surface area contributed by atoms with Gasteiger partial charge in [-0.05, 0) is 19.1 Å². The fraction of sp³-hybridized carbons (Fsp3) is 0.200. The maximum Gasteiger partial charge on any atom is 0.0829 e. The molecule has 2 N–H and O–H groups in total. The van der Waals surface area contributed by atoms with Crippen LogP contribution in [-0.4, -0.2) is 14.8 Å². The van der Waals surface area contributed by atoms with Crippen molar-refractivity contribution in [2.45, 2.75) is 13.5 Å². The summed E-state index contributed by atoms with van der Waals surface area (Å²) in [6.07, 6.45) is 3.49. The van der Waals surface area contributed by atoms with Crippen LogP contribution >= 0.6 is 11.6 Å². The second-order valence-corrected chi connectivity index (χ2v) is 3.63. The Labute approximate surface area is 92.7 Å². The molecule has 2 aromatic rings. The smallest absolute Gasteiger partial charge is 0.0829 e. The van der Waals surface area contributed by atoms with Crippen molar-refractivity contribution < 1.29 is 0 Å². The minimum absolute atomic E-state index is 0.444. The highest BCUT2D eigenvalue weighted by molar-refractivity contribution is 6.31. The number of nitrogens with zero attached hydrogens (tertiary/aromatic N) is 3. The van der Waals surface area contributed by atoms with Crippen molar-refractivity contribution in [3.8, 4) is 5.69 Å². The molecule has 0 unspecified atom stereocenters. The van der Waals surface area contributed by atoms with E-state index in [9.17, 15) is 0 Å². The number of pyridine rings is 1. The Morgan fingerprint density at radius 2 is 2.27 bits per heavy atom. The van der Waals surface area contributed by atoms with Gasteiger partial charge in [0.1, 0.15) is 0 Å². The highest BCUT2D eigenvalue weighted by Crippen LogP contribution is 2.15. The highest BCUT2D eigenvalue weighted by atomic mass is 35.5. The number of aryl methyl sites for hydroxylation is 1. The molecule has 0 radical (unpaired) electrons. The topological polar surface area (TPSA) is 56.7 Å². The molecule has 0 saturated carbocycles. The van der Waals surface area contributed by atoms with Crippen molar-refractivity contribution in [1.82, 2.24) is 14.8 Å². The van der Waals surface area contributed by atoms with Crippen molar-refractivity contribution >= 4 is 11.6 Å². The second-order valence-electron chi connectivity index (χ2n) is 3.22. The first kappa shape index (κ1) is 10.1. The molecule has 2 rings (SSSR count). The Hall–Kier alpha value is -1.39. The summed E-state index contributed by atoms with van der Waals surface area (Å²) in [4.78, 5) is 4.18. The summed E-state index contributed by atoms with van der Waals surface area (Å²) in [5.74, 6) is 0. The number of nitrogens with two attached hydrogens (primary N) is 1. The van der Waals surface area contributed by atoms with Gasteiger partial charge >= 0.3 is 0 Å². The minimum atomic E-state index is 0.444. The van der Waals surface area contributed by atoms with Crippen LogP contribution in [0.5, 0.6) is 0 Å². The SMILES string of the molecule is Cc1nn(-c2ccc(CN)nc2)cc1Cl. The standard InChI is InChI=1S/C10H11ClN4/c1-7-10(11)6-15(14-7)9-3-2-8(4-12)13-5-9/h2-3,5-6H,4,12H2,1H3. The molecule has 0 spiro atoms. The summed E-state index contributed by atoms with van der Waals surface area (Å²) in [5, 5.41) is 4.90. The van der Waals surface area contributed by atoms with E-state index in [4.69, 9.17) is 17.3 Å². The van der Waals surface area contributed by atoms with Gasteiger partial charge < -0.3 is 5.73 Å². The zero-order valence-corrected chi connectivity index (χ0v) is 9.07. The Morgan fingerprint density at radius 1 is 1.47 bits per heavy atom. The number of halogens is 1. The highest BCUT2D eigenvalue weighted by Gasteiger charge is 2.03. The summed E-state index contributed by atoms with van der Waals surface area (Å²) in [6.45, 7) is 2.31. The zero-order valence-electron chi connectivity index (χ0n) is 8.31. The van der Waals surface area contributed by atoms with Gasteiger partial charge in [-0.3, -0.25) is 4.98 Å². The molecule has 0 atom stereocenters. The van der Waals surface area contributed by atoms with Crippen molar-refractivity contribution in [1.29, 1.82) is 0 Å². The van der Waals surface area contributed by atoms with E-state index in [0.29, 0.717) is 11.6 Å². The van der Waals surface area contributed by atoms with Gasteiger partial charge in [0, 0.05) is 12.7 Å². The van der Waals surface area contributed by atoms with E-state index in [0.717, 1.165) is 17.1 Å². The summed E-state index contributed by atoms with van der Waals surface area (Å²) in [7, 11) is 0. The molecule has 0 aromatic carbocycles. The van der Waals surface area contributed by atoms with E-state index in [1.165, 1.54) is 0 Å². The maximum absolute atomic E-state index is 5.91. The zero-order chi connectivity index (χ0) is 10.8. The van der Waals surface area contributed by atoms with E-state index in [1.54, 1.807) is 17.1 Å². The largest absolute Gasteiger partial charge is 0.325 e. The maximum atomic E-state index is 5.91. The Kier molecular flexibility index (Phi) is 2.70. The molecule has 15 heavy (non-hydrogen) atoms. The Morgan fingerprint density at radius 3 is 2.73 bits per heavy atom. The Balaban J connectivity index is 2.37. The van der Waals surface area contributed by atoms with Gasteiger partial charge in [0.2, 0.25) is 0 Å². The van der Waals surface area contributed by atoms with Gasteiger partial charge in [-0.25, -0.2) is 4.68 Å². The van der Waals surface area contributed by atoms with Crippen LogP contribution in [0.4, 0.5) is 0 Å². The summed E-state index contributed by atoms with van der Waals surface area (Å²) in [5.41, 5.74) is 8.00. The predicted octanol–water partition coefficient (Wildman–Crippen LogP) is 1.69. The van der Waals surface area contributed by atoms with Crippen LogP contribution in [0, 0.1) is 6.92 Å². The third-order valence-electron chi connectivity index (χ3n) is 2.12. The van der Waals surface area contributed by atoms with E-state index in [-0.39, 0.29) is 0 Å². The lowest BCUT2D eigenvalue weighted by molar-refractivity contribution is 0.850. The minimum Gasteiger partial charge on any atom is -0.325 e. The van der Waals surface area contributed by atoms with Gasteiger partial charge in [-0.2, -0.15) is 5.10 Å². The van der Waals surface area contributed by atoms with Crippen LogP contribution in [0.1, 0.15) is 11.4 Å². The molecule has 0 aliphatic rings. The molecular weight excluding hydrogens is 212 g/mol. The summed E-state index contributed by atoms with van der Waals surface area (Å²) >= 11 is 5.91. The second kappa shape index (κ2) is 4.00. The number of aromatic nitrogens is 3. The number of hydrogen-bond donors (Lipinski definition) is 1. The molecule has 5 heteroatoms. The lowest BCUT2D eigenvalue weighted by atomic mass is 10.3. The summed E-state index contributed by atoms with van der Waals surface area (Å²) < 4.78 is 1.70. The van der Waals surface area contributed by atoms with Gasteiger partial charge in [-0.1, -0.05) is 11.6 Å². The lowest BCUT2D eigenvalue weighted by Gasteiger charge is -2.01. The summed E-state index contributed by atoms with van der Waals surface area (Å²) in [6, 6.07) is 3.79. The van der Waals surface area contributed by atoms with Gasteiger partial charge in [-0.15, -0.1) is 0 Å².